The van der Waals surface area contributed by atoms with Crippen molar-refractivity contribution in [1.29, 1.82) is 0 Å². The second kappa shape index (κ2) is 12.1. The van der Waals surface area contributed by atoms with Crippen molar-refractivity contribution in [2.45, 2.75) is 9.79 Å². The maximum absolute atomic E-state index is 13.5. The van der Waals surface area contributed by atoms with Crippen LogP contribution in [0.5, 0.6) is 11.5 Å². The predicted octanol–water partition coefficient (Wildman–Crippen LogP) is 4.34. The first-order valence-corrected chi connectivity index (χ1v) is 14.8. The Hall–Kier alpha value is -4.55. The summed E-state index contributed by atoms with van der Waals surface area (Å²) >= 11 is 0. The Morgan fingerprint density at radius 3 is 1.95 bits per heavy atom. The molecule has 0 heterocycles. The molecule has 4 aromatic carbocycles. The molecular formula is C28H27N3O7S2. The highest BCUT2D eigenvalue weighted by Gasteiger charge is 2.27. The number of carbonyl (C=O) groups excluding carboxylic acids is 1. The van der Waals surface area contributed by atoms with Gasteiger partial charge in [0, 0.05) is 17.4 Å². The highest BCUT2D eigenvalue weighted by molar-refractivity contribution is 7.93. The van der Waals surface area contributed by atoms with Crippen molar-refractivity contribution in [2.75, 3.05) is 35.1 Å². The average Bonchev–Trinajstić information content (AvgIpc) is 2.97. The van der Waals surface area contributed by atoms with Gasteiger partial charge < -0.3 is 14.8 Å². The SMILES string of the molecule is COc1ccc(NS(=O)(=O)c2ccc(NC(=O)CN(c3cccc(OC)c3)S(=O)(=O)c3ccccc3)cc2)cc1. The molecule has 0 aliphatic carbocycles. The summed E-state index contributed by atoms with van der Waals surface area (Å²) in [5.41, 5.74) is 0.885. The van der Waals surface area contributed by atoms with E-state index in [-0.39, 0.29) is 21.2 Å². The first kappa shape index (κ1) is 28.5. The molecular weight excluding hydrogens is 554 g/mol. The fourth-order valence-corrected chi connectivity index (χ4v) is 6.21. The van der Waals surface area contributed by atoms with Crippen molar-refractivity contribution in [1.82, 2.24) is 0 Å². The Labute approximate surface area is 233 Å². The van der Waals surface area contributed by atoms with Gasteiger partial charge in [-0.3, -0.25) is 13.8 Å². The Kier molecular flexibility index (Phi) is 8.61. The maximum atomic E-state index is 13.5. The van der Waals surface area contributed by atoms with Crippen molar-refractivity contribution in [3.63, 3.8) is 0 Å². The lowest BCUT2D eigenvalue weighted by Crippen LogP contribution is -2.38. The molecule has 0 saturated carbocycles. The number of sulfonamides is 2. The predicted molar refractivity (Wildman–Crippen MR) is 153 cm³/mol. The lowest BCUT2D eigenvalue weighted by molar-refractivity contribution is -0.114. The van der Waals surface area contributed by atoms with Gasteiger partial charge in [0.2, 0.25) is 5.91 Å². The highest BCUT2D eigenvalue weighted by Crippen LogP contribution is 2.27. The van der Waals surface area contributed by atoms with Crippen LogP contribution in [0.25, 0.3) is 0 Å². The number of rotatable bonds is 11. The second-order valence-electron chi connectivity index (χ2n) is 8.43. The van der Waals surface area contributed by atoms with E-state index in [2.05, 4.69) is 10.0 Å². The van der Waals surface area contributed by atoms with Gasteiger partial charge in [0.05, 0.1) is 29.7 Å². The topological polar surface area (TPSA) is 131 Å². The van der Waals surface area contributed by atoms with Gasteiger partial charge in [-0.15, -0.1) is 0 Å². The minimum absolute atomic E-state index is 0.0181. The van der Waals surface area contributed by atoms with Crippen LogP contribution >= 0.6 is 0 Å². The zero-order chi connectivity index (χ0) is 28.8. The summed E-state index contributed by atoms with van der Waals surface area (Å²) in [4.78, 5) is 13.0. The number of methoxy groups -OCH3 is 2. The summed E-state index contributed by atoms with van der Waals surface area (Å²) in [5, 5.41) is 2.63. The fraction of sp³-hybridized carbons (Fsp3) is 0.107. The van der Waals surface area contributed by atoms with Crippen LogP contribution in [-0.2, 0) is 24.8 Å². The van der Waals surface area contributed by atoms with Crippen LogP contribution in [0.2, 0.25) is 0 Å². The van der Waals surface area contributed by atoms with Crippen molar-refractivity contribution >= 4 is 43.0 Å². The molecule has 0 fully saturated rings. The van der Waals surface area contributed by atoms with Crippen LogP contribution in [0, 0.1) is 0 Å². The molecule has 0 aromatic heterocycles. The van der Waals surface area contributed by atoms with E-state index in [0.717, 1.165) is 4.31 Å². The quantitative estimate of drug-likeness (QED) is 0.269. The van der Waals surface area contributed by atoms with Gasteiger partial charge in [-0.1, -0.05) is 24.3 Å². The molecule has 2 N–H and O–H groups in total. The first-order valence-electron chi connectivity index (χ1n) is 11.9. The van der Waals surface area contributed by atoms with Crippen molar-refractivity contribution in [3.05, 3.63) is 103 Å². The standard InChI is InChI=1S/C28H27N3O7S2/c1-37-24-15-11-22(12-16-24)30-39(33,34)26-17-13-21(14-18-26)29-28(32)20-31(23-7-6-8-25(19-23)38-2)40(35,36)27-9-4-3-5-10-27/h3-19,30H,20H2,1-2H3,(H,29,32). The van der Waals surface area contributed by atoms with Crippen LogP contribution < -0.4 is 23.8 Å². The van der Waals surface area contributed by atoms with Gasteiger partial charge in [0.15, 0.2) is 0 Å². The first-order chi connectivity index (χ1) is 19.1. The van der Waals surface area contributed by atoms with E-state index in [1.54, 1.807) is 60.7 Å². The van der Waals surface area contributed by atoms with Gasteiger partial charge in [-0.2, -0.15) is 0 Å². The van der Waals surface area contributed by atoms with Crippen LogP contribution in [-0.4, -0.2) is 43.5 Å². The van der Waals surface area contributed by atoms with E-state index in [0.29, 0.717) is 17.2 Å². The molecule has 0 radical (unpaired) electrons. The fourth-order valence-electron chi connectivity index (χ4n) is 3.72. The number of amides is 1. The highest BCUT2D eigenvalue weighted by atomic mass is 32.2. The Bertz CT molecular complexity index is 1680. The molecule has 0 saturated heterocycles. The number of ether oxygens (including phenoxy) is 2. The van der Waals surface area contributed by atoms with Crippen LogP contribution in [0.1, 0.15) is 0 Å². The van der Waals surface area contributed by atoms with Gasteiger partial charge in [-0.25, -0.2) is 16.8 Å². The van der Waals surface area contributed by atoms with Gasteiger partial charge in [0.1, 0.15) is 18.0 Å². The third kappa shape index (κ3) is 6.71. The third-order valence-electron chi connectivity index (χ3n) is 5.75. The third-order valence-corrected chi connectivity index (χ3v) is 8.94. The number of benzene rings is 4. The summed E-state index contributed by atoms with van der Waals surface area (Å²) in [6.45, 7) is -0.538. The van der Waals surface area contributed by atoms with E-state index in [4.69, 9.17) is 9.47 Å². The monoisotopic (exact) mass is 581 g/mol. The average molecular weight is 582 g/mol. The minimum Gasteiger partial charge on any atom is -0.497 e. The smallest absolute Gasteiger partial charge is 0.264 e. The molecule has 0 bridgehead atoms. The molecule has 40 heavy (non-hydrogen) atoms. The van der Waals surface area contributed by atoms with Crippen LogP contribution in [0.15, 0.2) is 113 Å². The summed E-state index contributed by atoms with van der Waals surface area (Å²) in [5.74, 6) is 0.380. The lowest BCUT2D eigenvalue weighted by atomic mass is 10.3. The number of nitrogens with one attached hydrogen (secondary N) is 2. The van der Waals surface area contributed by atoms with Gasteiger partial charge in [0.25, 0.3) is 20.0 Å². The summed E-state index contributed by atoms with van der Waals surface area (Å²) < 4.78 is 66.3. The van der Waals surface area contributed by atoms with E-state index >= 15 is 0 Å². The molecule has 10 nitrogen and oxygen atoms in total. The molecule has 208 valence electrons. The molecule has 0 aliphatic heterocycles. The molecule has 0 unspecified atom stereocenters. The van der Waals surface area contributed by atoms with Crippen LogP contribution in [0.4, 0.5) is 17.1 Å². The van der Waals surface area contributed by atoms with Gasteiger partial charge >= 0.3 is 0 Å². The summed E-state index contributed by atoms with van der Waals surface area (Å²) in [7, 11) is -5.03. The molecule has 0 atom stereocenters. The van der Waals surface area contributed by atoms with Crippen molar-refractivity contribution in [3.8, 4) is 11.5 Å². The molecule has 1 amide bonds. The van der Waals surface area contributed by atoms with Gasteiger partial charge in [-0.05, 0) is 72.8 Å². The Morgan fingerprint density at radius 2 is 1.32 bits per heavy atom. The summed E-state index contributed by atoms with van der Waals surface area (Å²) in [6.07, 6.45) is 0. The number of hydrogen-bond donors (Lipinski definition) is 2. The zero-order valence-corrected chi connectivity index (χ0v) is 23.3. The number of nitrogens with zero attached hydrogens (tertiary/aromatic N) is 1. The zero-order valence-electron chi connectivity index (χ0n) is 21.6. The lowest BCUT2D eigenvalue weighted by Gasteiger charge is -2.24. The molecule has 0 aliphatic rings. The minimum atomic E-state index is -4.11. The summed E-state index contributed by atoms with van der Waals surface area (Å²) in [6, 6.07) is 26.0. The number of hydrogen-bond acceptors (Lipinski definition) is 7. The van der Waals surface area contributed by atoms with E-state index in [9.17, 15) is 21.6 Å². The second-order valence-corrected chi connectivity index (χ2v) is 12.0. The van der Waals surface area contributed by atoms with Crippen molar-refractivity contribution < 1.29 is 31.1 Å². The van der Waals surface area contributed by atoms with Crippen LogP contribution in [0.3, 0.4) is 0 Å². The normalized spacial score (nSPS) is 11.3. The van der Waals surface area contributed by atoms with Crippen molar-refractivity contribution in [2.24, 2.45) is 0 Å². The maximum Gasteiger partial charge on any atom is 0.264 e. The molecule has 0 spiro atoms. The Morgan fingerprint density at radius 1 is 0.700 bits per heavy atom. The molecule has 4 aromatic rings. The van der Waals surface area contributed by atoms with E-state index in [1.807, 2.05) is 0 Å². The molecule has 4 rings (SSSR count). The largest absolute Gasteiger partial charge is 0.497 e. The molecule has 12 heteroatoms. The number of carbonyl (C=O) groups is 1. The van der Waals surface area contributed by atoms with E-state index in [1.165, 1.54) is 56.7 Å². The number of anilines is 3. The van der Waals surface area contributed by atoms with E-state index < -0.39 is 32.5 Å². The Balaban J connectivity index is 1.52.